The van der Waals surface area contributed by atoms with Gasteiger partial charge in [-0.1, -0.05) is 30.3 Å². The van der Waals surface area contributed by atoms with Crippen molar-refractivity contribution in [1.82, 2.24) is 25.3 Å². The number of hydrogen-bond acceptors (Lipinski definition) is 6. The van der Waals surface area contributed by atoms with Crippen molar-refractivity contribution >= 4 is 28.5 Å². The molecule has 192 valence electrons. The van der Waals surface area contributed by atoms with E-state index in [-0.39, 0.29) is 18.4 Å². The Morgan fingerprint density at radius 3 is 2.49 bits per heavy atom. The normalized spacial score (nSPS) is 12.2. The van der Waals surface area contributed by atoms with Crippen LogP contribution in [0.5, 0.6) is 5.75 Å². The van der Waals surface area contributed by atoms with Crippen molar-refractivity contribution in [3.8, 4) is 5.75 Å². The van der Waals surface area contributed by atoms with Crippen LogP contribution < -0.4 is 15.0 Å². The zero-order chi connectivity index (χ0) is 26.4. The van der Waals surface area contributed by atoms with E-state index >= 15 is 0 Å². The lowest BCUT2D eigenvalue weighted by atomic mass is 9.99. The number of carbonyl (C=O) groups is 2. The second-order valence-corrected chi connectivity index (χ2v) is 9.34. The van der Waals surface area contributed by atoms with E-state index in [1.807, 2.05) is 52.0 Å². The van der Waals surface area contributed by atoms with Gasteiger partial charge in [0, 0.05) is 29.2 Å². The fraction of sp³-hybridized carbons (Fsp3) is 0.321. The fourth-order valence-corrected chi connectivity index (χ4v) is 3.99. The Morgan fingerprint density at radius 2 is 1.81 bits per heavy atom. The summed E-state index contributed by atoms with van der Waals surface area (Å²) >= 11 is 0. The van der Waals surface area contributed by atoms with Crippen LogP contribution in [0.1, 0.15) is 45.7 Å². The van der Waals surface area contributed by atoms with Gasteiger partial charge in [-0.2, -0.15) is 0 Å². The number of carbonyl (C=O) groups excluding carboxylic acids is 2. The first kappa shape index (κ1) is 25.8. The van der Waals surface area contributed by atoms with Crippen molar-refractivity contribution in [2.24, 2.45) is 0 Å². The zero-order valence-electron chi connectivity index (χ0n) is 21.6. The Labute approximate surface area is 216 Å². The maximum atomic E-state index is 14.0. The molecule has 1 atom stereocenters. The third kappa shape index (κ3) is 5.94. The minimum atomic E-state index is -0.959. The van der Waals surface area contributed by atoms with Gasteiger partial charge in [-0.15, -0.1) is 5.10 Å². The van der Waals surface area contributed by atoms with Crippen molar-refractivity contribution in [3.63, 3.8) is 0 Å². The van der Waals surface area contributed by atoms with Crippen LogP contribution in [-0.4, -0.2) is 43.9 Å². The molecule has 2 aromatic carbocycles. The maximum absolute atomic E-state index is 14.0. The van der Waals surface area contributed by atoms with Crippen LogP contribution in [0.3, 0.4) is 0 Å². The summed E-state index contributed by atoms with van der Waals surface area (Å²) in [5, 5.41) is 11.5. The number of hydrogen-bond donors (Lipinski definition) is 1. The van der Waals surface area contributed by atoms with Gasteiger partial charge in [0.2, 0.25) is 11.8 Å². The molecule has 4 aromatic rings. The fourth-order valence-electron chi connectivity index (χ4n) is 3.99. The van der Waals surface area contributed by atoms with Gasteiger partial charge in [0.25, 0.3) is 0 Å². The number of ether oxygens (including phenoxy) is 1. The largest absolute Gasteiger partial charge is 0.494 e. The quantitative estimate of drug-likeness (QED) is 0.348. The molecule has 0 aliphatic heterocycles. The molecular weight excluding hydrogens is 468 g/mol. The molecule has 9 nitrogen and oxygen atoms in total. The van der Waals surface area contributed by atoms with Crippen LogP contribution in [-0.2, 0) is 16.1 Å². The van der Waals surface area contributed by atoms with Gasteiger partial charge >= 0.3 is 0 Å². The van der Waals surface area contributed by atoms with E-state index < -0.39 is 11.6 Å². The van der Waals surface area contributed by atoms with Gasteiger partial charge in [0.15, 0.2) is 0 Å². The molecule has 2 aromatic heterocycles. The molecule has 0 aliphatic rings. The summed E-state index contributed by atoms with van der Waals surface area (Å²) in [6.45, 7) is 8.24. The average Bonchev–Trinajstić information content (AvgIpc) is 3.31. The number of aromatic nitrogens is 4. The van der Waals surface area contributed by atoms with Crippen molar-refractivity contribution in [3.05, 3.63) is 78.6 Å². The van der Waals surface area contributed by atoms with Crippen LogP contribution >= 0.6 is 0 Å². The summed E-state index contributed by atoms with van der Waals surface area (Å²) in [6.07, 6.45) is 3.97. The SMILES string of the molecule is CCOc1ccc(N(C(=O)Cn2nnc3ccccc32)C(C(=O)NC(C)(C)CC)c2cccnc2)cc1. The molecule has 0 fully saturated rings. The first-order chi connectivity index (χ1) is 17.8. The highest BCUT2D eigenvalue weighted by Gasteiger charge is 2.35. The molecule has 1 N–H and O–H groups in total. The smallest absolute Gasteiger partial charge is 0.249 e. The minimum absolute atomic E-state index is 0.102. The van der Waals surface area contributed by atoms with Crippen LogP contribution in [0.4, 0.5) is 5.69 Å². The molecule has 0 aliphatic carbocycles. The van der Waals surface area contributed by atoms with Crippen LogP contribution in [0.25, 0.3) is 11.0 Å². The number of rotatable bonds is 10. The molecule has 37 heavy (non-hydrogen) atoms. The minimum Gasteiger partial charge on any atom is -0.494 e. The van der Waals surface area contributed by atoms with Gasteiger partial charge in [-0.3, -0.25) is 19.5 Å². The van der Waals surface area contributed by atoms with Crippen molar-refractivity contribution in [2.75, 3.05) is 11.5 Å². The van der Waals surface area contributed by atoms with E-state index in [0.717, 1.165) is 11.9 Å². The Kier molecular flexibility index (Phi) is 7.81. The lowest BCUT2D eigenvalue weighted by Crippen LogP contribution is -2.51. The molecule has 1 unspecified atom stereocenters. The topological polar surface area (TPSA) is 102 Å². The molecule has 0 bridgehead atoms. The average molecular weight is 501 g/mol. The highest BCUT2D eigenvalue weighted by atomic mass is 16.5. The summed E-state index contributed by atoms with van der Waals surface area (Å²) < 4.78 is 7.14. The highest BCUT2D eigenvalue weighted by Crippen LogP contribution is 2.30. The molecule has 4 rings (SSSR count). The summed E-state index contributed by atoms with van der Waals surface area (Å²) in [4.78, 5) is 33.6. The summed E-state index contributed by atoms with van der Waals surface area (Å²) in [7, 11) is 0. The van der Waals surface area contributed by atoms with Crippen molar-refractivity contribution in [2.45, 2.75) is 52.2 Å². The molecule has 0 radical (unpaired) electrons. The predicted molar refractivity (Wildman–Crippen MR) is 142 cm³/mol. The lowest BCUT2D eigenvalue weighted by molar-refractivity contribution is -0.128. The summed E-state index contributed by atoms with van der Waals surface area (Å²) in [6, 6.07) is 17.2. The Hall–Kier alpha value is -4.27. The number of benzene rings is 2. The third-order valence-corrected chi connectivity index (χ3v) is 6.25. The molecule has 2 amide bonds. The van der Waals surface area contributed by atoms with Crippen LogP contribution in [0.15, 0.2) is 73.1 Å². The Balaban J connectivity index is 1.79. The number of para-hydroxylation sites is 1. The molecule has 0 spiro atoms. The number of fused-ring (bicyclic) bond motifs is 1. The Bertz CT molecular complexity index is 1350. The van der Waals surface area contributed by atoms with Crippen molar-refractivity contribution in [1.29, 1.82) is 0 Å². The van der Waals surface area contributed by atoms with E-state index in [2.05, 4.69) is 20.6 Å². The molecular formula is C28H32N6O3. The lowest BCUT2D eigenvalue weighted by Gasteiger charge is -2.34. The van der Waals surface area contributed by atoms with Crippen molar-refractivity contribution < 1.29 is 14.3 Å². The van der Waals surface area contributed by atoms with Gasteiger partial charge in [0.05, 0.1) is 12.1 Å². The molecule has 0 saturated carbocycles. The number of anilines is 1. The van der Waals surface area contributed by atoms with E-state index in [9.17, 15) is 9.59 Å². The first-order valence-electron chi connectivity index (χ1n) is 12.4. The first-order valence-corrected chi connectivity index (χ1v) is 12.4. The maximum Gasteiger partial charge on any atom is 0.249 e. The number of nitrogens with one attached hydrogen (secondary N) is 1. The van der Waals surface area contributed by atoms with Gasteiger partial charge < -0.3 is 10.1 Å². The van der Waals surface area contributed by atoms with E-state index in [4.69, 9.17) is 4.74 Å². The van der Waals surface area contributed by atoms with Gasteiger partial charge in [-0.25, -0.2) is 4.68 Å². The van der Waals surface area contributed by atoms with Crippen LogP contribution in [0.2, 0.25) is 0 Å². The van der Waals surface area contributed by atoms with E-state index in [1.54, 1.807) is 53.5 Å². The van der Waals surface area contributed by atoms with Crippen LogP contribution in [0, 0.1) is 0 Å². The number of amides is 2. The zero-order valence-corrected chi connectivity index (χ0v) is 21.6. The van der Waals surface area contributed by atoms with Gasteiger partial charge in [-0.05, 0) is 69.7 Å². The monoisotopic (exact) mass is 500 g/mol. The number of nitrogens with zero attached hydrogens (tertiary/aromatic N) is 5. The summed E-state index contributed by atoms with van der Waals surface area (Å²) in [5.74, 6) is 0.0547. The van der Waals surface area contributed by atoms with E-state index in [0.29, 0.717) is 29.1 Å². The second-order valence-electron chi connectivity index (χ2n) is 9.34. The molecule has 2 heterocycles. The molecule has 9 heteroatoms. The van der Waals surface area contributed by atoms with E-state index in [1.165, 1.54) is 4.90 Å². The standard InChI is InChI=1S/C28H32N6O3/c1-5-28(3,4)30-27(36)26(20-10-9-17-29-18-20)34(21-13-15-22(16-14-21)37-6-2)25(35)19-33-24-12-8-7-11-23(24)31-32-33/h7-18,26H,5-6,19H2,1-4H3,(H,30,36). The number of pyridine rings is 1. The third-order valence-electron chi connectivity index (χ3n) is 6.25. The predicted octanol–water partition coefficient (Wildman–Crippen LogP) is 4.30. The van der Waals surface area contributed by atoms with Gasteiger partial charge in [0.1, 0.15) is 23.9 Å². The highest BCUT2D eigenvalue weighted by molar-refractivity contribution is 6.01. The molecule has 0 saturated heterocycles. The second kappa shape index (κ2) is 11.2. The Morgan fingerprint density at radius 1 is 1.05 bits per heavy atom. The summed E-state index contributed by atoms with van der Waals surface area (Å²) in [5.41, 5.74) is 2.10.